The summed E-state index contributed by atoms with van der Waals surface area (Å²) < 4.78 is 18.1. The van der Waals surface area contributed by atoms with Crippen molar-refractivity contribution in [2.45, 2.75) is 141 Å². The Morgan fingerprint density at radius 1 is 1.10 bits per heavy atom. The molecule has 2 amide bonds. The Kier molecular flexibility index (Phi) is 13.7. The minimum Gasteiger partial charge on any atom is -0.459 e. The summed E-state index contributed by atoms with van der Waals surface area (Å²) >= 11 is 0. The molecule has 15 nitrogen and oxygen atoms in total. The number of rotatable bonds is 5. The fourth-order valence-corrected chi connectivity index (χ4v) is 6.93. The van der Waals surface area contributed by atoms with Gasteiger partial charge in [0.05, 0.1) is 35.9 Å². The molecule has 1 aromatic rings. The highest BCUT2D eigenvalue weighted by Gasteiger charge is 2.49. The largest absolute Gasteiger partial charge is 0.459 e. The highest BCUT2D eigenvalue weighted by Crippen LogP contribution is 2.36. The van der Waals surface area contributed by atoms with E-state index in [1.165, 1.54) is 38.2 Å². The van der Waals surface area contributed by atoms with E-state index >= 15 is 0 Å². The molecule has 1 aromatic heterocycles. The van der Waals surface area contributed by atoms with E-state index in [-0.39, 0.29) is 31.1 Å². The molecule has 0 aliphatic carbocycles. The van der Waals surface area contributed by atoms with Crippen LogP contribution in [0.5, 0.6) is 0 Å². The van der Waals surface area contributed by atoms with Crippen LogP contribution in [0, 0.1) is 17.8 Å². The van der Waals surface area contributed by atoms with E-state index in [9.17, 15) is 35.1 Å². The Hall–Kier alpha value is -2.50. The smallest absolute Gasteiger partial charge is 0.324 e. The van der Waals surface area contributed by atoms with Gasteiger partial charge in [-0.05, 0) is 72.4 Å². The van der Waals surface area contributed by atoms with Gasteiger partial charge in [-0.15, -0.1) is 0 Å². The number of esters is 1. The van der Waals surface area contributed by atoms with Gasteiger partial charge in [0.25, 0.3) is 0 Å². The molecule has 0 bridgehead atoms. The SMILES string of the molecule is CC[C@H]1OC(=O)[C@H](C)[C@@H](O)[C@H](C)[C@@H](O[C@@H]2O[C@H](C)C[C@H](N(C)C(=O)Nc3ncccn3)[C@H]2O)[C@](C)(O)C[C@@H](C)CN[C@H](C)[C@@H](O)[C@]1(C)O. The maximum absolute atomic E-state index is 13.4. The molecular formula is C33H57N5O10. The molecule has 15 heteroatoms. The number of cyclic esters (lactones) is 1. The van der Waals surface area contributed by atoms with Crippen molar-refractivity contribution < 1.29 is 49.3 Å². The summed E-state index contributed by atoms with van der Waals surface area (Å²) in [5.41, 5.74) is -3.43. The number of aromatic nitrogens is 2. The highest BCUT2D eigenvalue weighted by molar-refractivity contribution is 5.87. The zero-order valence-electron chi connectivity index (χ0n) is 29.6. The van der Waals surface area contributed by atoms with E-state index in [4.69, 9.17) is 14.2 Å². The van der Waals surface area contributed by atoms with Crippen LogP contribution in [0.25, 0.3) is 0 Å². The summed E-state index contributed by atoms with van der Waals surface area (Å²) in [5, 5.41) is 63.2. The lowest BCUT2D eigenvalue weighted by molar-refractivity contribution is -0.298. The lowest BCUT2D eigenvalue weighted by Crippen LogP contribution is -2.60. The number of hydrogen-bond donors (Lipinski definition) is 7. The van der Waals surface area contributed by atoms with Crippen LogP contribution in [0.15, 0.2) is 18.5 Å². The van der Waals surface area contributed by atoms with E-state index in [1.807, 2.05) is 6.92 Å². The second-order valence-electron chi connectivity index (χ2n) is 14.3. The first-order valence-corrected chi connectivity index (χ1v) is 16.9. The topological polar surface area (TPSA) is 216 Å². The third-order valence-electron chi connectivity index (χ3n) is 9.91. The van der Waals surface area contributed by atoms with Crippen molar-refractivity contribution in [2.75, 3.05) is 18.9 Å². The molecule has 2 fully saturated rings. The van der Waals surface area contributed by atoms with Gasteiger partial charge in [0, 0.05) is 31.4 Å². The lowest BCUT2D eigenvalue weighted by atomic mass is 9.78. The Labute approximate surface area is 283 Å². The Morgan fingerprint density at radius 3 is 2.33 bits per heavy atom. The summed E-state index contributed by atoms with van der Waals surface area (Å²) in [6, 6.07) is -0.312. The maximum atomic E-state index is 13.4. The third kappa shape index (κ3) is 9.38. The van der Waals surface area contributed by atoms with E-state index in [1.54, 1.807) is 40.7 Å². The summed E-state index contributed by atoms with van der Waals surface area (Å²) in [7, 11) is 1.52. The number of aliphatic hydroxyl groups excluding tert-OH is 3. The number of likely N-dealkylation sites (N-methyl/N-ethyl adjacent to an activating group) is 1. The fraction of sp³-hybridized carbons (Fsp3) is 0.818. The van der Waals surface area contributed by atoms with Crippen LogP contribution >= 0.6 is 0 Å². The third-order valence-corrected chi connectivity index (χ3v) is 9.91. The van der Waals surface area contributed by atoms with Gasteiger partial charge >= 0.3 is 12.0 Å². The van der Waals surface area contributed by atoms with Gasteiger partial charge in [0.15, 0.2) is 6.29 Å². The minimum absolute atomic E-state index is 0.0973. The van der Waals surface area contributed by atoms with Crippen molar-refractivity contribution in [1.29, 1.82) is 0 Å². The predicted molar refractivity (Wildman–Crippen MR) is 175 cm³/mol. The molecule has 14 atom stereocenters. The number of anilines is 1. The number of nitrogens with zero attached hydrogens (tertiary/aromatic N) is 3. The molecule has 0 spiro atoms. The van der Waals surface area contributed by atoms with E-state index in [2.05, 4.69) is 20.6 Å². The molecule has 0 aromatic carbocycles. The quantitative estimate of drug-likeness (QED) is 0.216. The average Bonchev–Trinajstić information content (AvgIpc) is 3.03. The second kappa shape index (κ2) is 16.5. The van der Waals surface area contributed by atoms with Crippen molar-refractivity contribution in [3.05, 3.63) is 18.5 Å². The van der Waals surface area contributed by atoms with Gasteiger partial charge in [-0.1, -0.05) is 20.8 Å². The average molecular weight is 684 g/mol. The molecule has 0 saturated carbocycles. The summed E-state index contributed by atoms with van der Waals surface area (Å²) in [4.78, 5) is 35.8. The first-order valence-electron chi connectivity index (χ1n) is 16.9. The van der Waals surface area contributed by atoms with Crippen LogP contribution in [-0.2, 0) is 19.0 Å². The second-order valence-corrected chi connectivity index (χ2v) is 14.3. The van der Waals surface area contributed by atoms with Crippen LogP contribution in [-0.4, -0.2) is 132 Å². The zero-order chi connectivity index (χ0) is 36.1. The molecule has 274 valence electrons. The zero-order valence-corrected chi connectivity index (χ0v) is 29.6. The van der Waals surface area contributed by atoms with Crippen molar-refractivity contribution in [3.8, 4) is 0 Å². The van der Waals surface area contributed by atoms with Crippen LogP contribution in [0.1, 0.15) is 74.7 Å². The minimum atomic E-state index is -1.80. The molecule has 3 heterocycles. The summed E-state index contributed by atoms with van der Waals surface area (Å²) in [6.45, 7) is 13.5. The van der Waals surface area contributed by atoms with Crippen molar-refractivity contribution in [2.24, 2.45) is 17.8 Å². The number of hydrogen-bond acceptors (Lipinski definition) is 13. The van der Waals surface area contributed by atoms with Crippen molar-refractivity contribution in [1.82, 2.24) is 20.2 Å². The van der Waals surface area contributed by atoms with Crippen LogP contribution in [0.3, 0.4) is 0 Å². The van der Waals surface area contributed by atoms with Crippen LogP contribution in [0.2, 0.25) is 0 Å². The molecule has 48 heavy (non-hydrogen) atoms. The number of ether oxygens (including phenoxy) is 3. The molecule has 0 unspecified atom stereocenters. The first kappa shape index (κ1) is 39.9. The van der Waals surface area contributed by atoms with Crippen molar-refractivity contribution in [3.63, 3.8) is 0 Å². The van der Waals surface area contributed by atoms with Crippen LogP contribution in [0.4, 0.5) is 10.7 Å². The van der Waals surface area contributed by atoms with E-state index < -0.39 is 90.0 Å². The number of aliphatic hydroxyl groups is 5. The molecule has 2 saturated heterocycles. The number of carbonyl (C=O) groups is 2. The maximum Gasteiger partial charge on any atom is 0.324 e. The number of amides is 2. The molecule has 2 aliphatic rings. The monoisotopic (exact) mass is 683 g/mol. The van der Waals surface area contributed by atoms with Gasteiger partial charge in [-0.25, -0.2) is 14.8 Å². The van der Waals surface area contributed by atoms with Crippen LogP contribution < -0.4 is 10.6 Å². The van der Waals surface area contributed by atoms with Gasteiger partial charge < -0.3 is 50.0 Å². The molecule has 3 rings (SSSR count). The Morgan fingerprint density at radius 2 is 1.73 bits per heavy atom. The molecular weight excluding hydrogens is 626 g/mol. The van der Waals surface area contributed by atoms with E-state index in [0.29, 0.717) is 6.54 Å². The summed E-state index contributed by atoms with van der Waals surface area (Å²) in [6.07, 6.45) is -4.49. The Balaban J connectivity index is 1.92. The van der Waals surface area contributed by atoms with Gasteiger partial charge in [0.2, 0.25) is 5.95 Å². The van der Waals surface area contributed by atoms with Crippen molar-refractivity contribution >= 4 is 17.9 Å². The van der Waals surface area contributed by atoms with E-state index in [0.717, 1.165) is 0 Å². The standard InChI is InChI=1S/C33H57N5O10/c1-10-23-33(8,45)26(41)21(6)36-16-17(2)15-32(7,44)27(19(4)24(39)20(5)28(42)47-23)48-29-25(40)22(14-18(3)46-29)38(9)31(43)37-30-34-12-11-13-35-30/h11-13,17-27,29,36,39-41,44-45H,10,14-16H2,1-9H3,(H,34,35,37,43)/t17-,18-,19+,20-,21-,22+,23-,24+,25-,26-,27-,29+,32-,33-/m1/s1. The van der Waals surface area contributed by atoms with Gasteiger partial charge in [-0.3, -0.25) is 10.1 Å². The van der Waals surface area contributed by atoms with Gasteiger partial charge in [-0.2, -0.15) is 0 Å². The fourth-order valence-electron chi connectivity index (χ4n) is 6.93. The lowest BCUT2D eigenvalue weighted by Gasteiger charge is -2.46. The normalized spacial score (nSPS) is 42.2. The molecule has 2 aliphatic heterocycles. The molecule has 7 N–H and O–H groups in total. The van der Waals surface area contributed by atoms with Gasteiger partial charge in [0.1, 0.15) is 23.9 Å². The number of urea groups is 1. The predicted octanol–water partition coefficient (Wildman–Crippen LogP) is 1.03. The summed E-state index contributed by atoms with van der Waals surface area (Å²) in [5.74, 6) is -2.92. The Bertz CT molecular complexity index is 1190. The number of nitrogens with one attached hydrogen (secondary N) is 2. The first-order chi connectivity index (χ1) is 22.3. The molecule has 0 radical (unpaired) electrons. The highest BCUT2D eigenvalue weighted by atomic mass is 16.7. The number of carbonyl (C=O) groups excluding carboxylic acids is 2.